The predicted octanol–water partition coefficient (Wildman–Crippen LogP) is 4.22. The fraction of sp³-hybridized carbons (Fsp3) is 0.273. The average Bonchev–Trinajstić information content (AvgIpc) is 3.01. The third kappa shape index (κ3) is 3.86. The Hall–Kier alpha value is -3.28. The maximum absolute atomic E-state index is 13.1. The molecule has 0 spiro atoms. The molecule has 0 atom stereocenters. The van der Waals surface area contributed by atoms with Gasteiger partial charge in [0.1, 0.15) is 11.3 Å². The number of para-hydroxylation sites is 1. The van der Waals surface area contributed by atoms with E-state index in [2.05, 4.69) is 10.4 Å². The molecule has 2 aromatic rings. The second-order valence-corrected chi connectivity index (χ2v) is 6.29. The minimum atomic E-state index is -0.219. The number of benzene rings is 2. The van der Waals surface area contributed by atoms with Gasteiger partial charge < -0.3 is 14.8 Å². The first kappa shape index (κ1) is 19.5. The molecule has 0 aromatic heterocycles. The van der Waals surface area contributed by atoms with Crippen molar-refractivity contribution in [1.29, 1.82) is 0 Å². The highest BCUT2D eigenvalue weighted by Crippen LogP contribution is 2.31. The number of carbonyl (C=O) groups is 1. The lowest BCUT2D eigenvalue weighted by Crippen LogP contribution is -2.21. The number of hydrogen-bond acceptors (Lipinski definition) is 5. The van der Waals surface area contributed by atoms with Crippen LogP contribution in [0.2, 0.25) is 0 Å². The summed E-state index contributed by atoms with van der Waals surface area (Å²) in [4.78, 5) is 13.1. The van der Waals surface area contributed by atoms with Crippen LogP contribution in [0.3, 0.4) is 0 Å². The van der Waals surface area contributed by atoms with E-state index in [9.17, 15) is 4.79 Å². The van der Waals surface area contributed by atoms with Gasteiger partial charge in [-0.1, -0.05) is 18.2 Å². The molecule has 3 rings (SSSR count). The van der Waals surface area contributed by atoms with Crippen LogP contribution in [0.1, 0.15) is 25.0 Å². The van der Waals surface area contributed by atoms with Gasteiger partial charge in [-0.3, -0.25) is 4.79 Å². The topological polar surface area (TPSA) is 63.2 Å². The van der Waals surface area contributed by atoms with Crippen LogP contribution in [-0.2, 0) is 9.53 Å². The molecule has 2 aromatic carbocycles. The predicted molar refractivity (Wildman–Crippen MR) is 113 cm³/mol. The first-order valence-corrected chi connectivity index (χ1v) is 9.34. The van der Waals surface area contributed by atoms with Crippen LogP contribution in [0.25, 0.3) is 6.08 Å². The lowest BCUT2D eigenvalue weighted by atomic mass is 10.0. The Balaban J connectivity index is 2.03. The van der Waals surface area contributed by atoms with Gasteiger partial charge in [-0.2, -0.15) is 5.01 Å². The van der Waals surface area contributed by atoms with Crippen molar-refractivity contribution in [2.24, 2.45) is 5.10 Å². The van der Waals surface area contributed by atoms with Crippen LogP contribution in [0, 0.1) is 6.92 Å². The van der Waals surface area contributed by atoms with Crippen LogP contribution in [-0.4, -0.2) is 32.1 Å². The quantitative estimate of drug-likeness (QED) is 0.764. The summed E-state index contributed by atoms with van der Waals surface area (Å²) in [6.07, 6.45) is 1.81. The summed E-state index contributed by atoms with van der Waals surface area (Å²) < 4.78 is 11.1. The molecule has 6 heteroatoms. The van der Waals surface area contributed by atoms with Crippen molar-refractivity contribution >= 4 is 29.3 Å². The lowest BCUT2D eigenvalue weighted by molar-refractivity contribution is -0.114. The van der Waals surface area contributed by atoms with Crippen molar-refractivity contribution in [1.82, 2.24) is 0 Å². The van der Waals surface area contributed by atoms with E-state index in [4.69, 9.17) is 9.47 Å². The van der Waals surface area contributed by atoms with E-state index in [0.29, 0.717) is 23.8 Å². The number of carbonyl (C=O) groups excluding carboxylic acids is 1. The molecule has 146 valence electrons. The Bertz CT molecular complexity index is 920. The number of aryl methyl sites for hydroxylation is 1. The molecule has 1 aliphatic rings. The molecular formula is C22H25N3O3. The number of methoxy groups -OCH3 is 1. The first-order valence-electron chi connectivity index (χ1n) is 9.34. The molecule has 1 amide bonds. The van der Waals surface area contributed by atoms with Crippen molar-refractivity contribution in [3.8, 4) is 5.75 Å². The van der Waals surface area contributed by atoms with Gasteiger partial charge in [0.05, 0.1) is 25.1 Å². The molecule has 0 radical (unpaired) electrons. The highest BCUT2D eigenvalue weighted by molar-refractivity contribution is 6.30. The van der Waals surface area contributed by atoms with E-state index in [0.717, 1.165) is 29.1 Å². The zero-order chi connectivity index (χ0) is 20.1. The van der Waals surface area contributed by atoms with Crippen molar-refractivity contribution < 1.29 is 14.3 Å². The number of anilines is 2. The minimum absolute atomic E-state index is 0.219. The molecule has 0 saturated heterocycles. The first-order chi connectivity index (χ1) is 13.6. The van der Waals surface area contributed by atoms with E-state index in [1.165, 1.54) is 5.01 Å². The zero-order valence-electron chi connectivity index (χ0n) is 16.7. The largest absolute Gasteiger partial charge is 0.495 e. The Labute approximate surface area is 165 Å². The monoisotopic (exact) mass is 379 g/mol. The standard InChI is InChI=1S/C22H25N3O3/c1-5-23-19-12-15(3)16(14-20(19)27-4)13-18-21(28-6-2)24-25(22(18)26)17-10-8-7-9-11-17/h7-14,23H,5-6H2,1-4H3/b18-13-. The summed E-state index contributed by atoms with van der Waals surface area (Å²) in [6.45, 7) is 7.12. The third-order valence-electron chi connectivity index (χ3n) is 4.38. The highest BCUT2D eigenvalue weighted by atomic mass is 16.5. The Morgan fingerprint density at radius 3 is 2.57 bits per heavy atom. The van der Waals surface area contributed by atoms with E-state index < -0.39 is 0 Å². The van der Waals surface area contributed by atoms with Crippen molar-refractivity contribution in [2.45, 2.75) is 20.8 Å². The van der Waals surface area contributed by atoms with Crippen LogP contribution in [0.4, 0.5) is 11.4 Å². The van der Waals surface area contributed by atoms with E-state index in [1.807, 2.05) is 69.3 Å². The second-order valence-electron chi connectivity index (χ2n) is 6.29. The second kappa shape index (κ2) is 8.61. The molecule has 6 nitrogen and oxygen atoms in total. The van der Waals surface area contributed by atoms with Gasteiger partial charge in [-0.15, -0.1) is 5.10 Å². The van der Waals surface area contributed by atoms with Crippen LogP contribution < -0.4 is 15.1 Å². The molecule has 1 aliphatic heterocycles. The summed E-state index contributed by atoms with van der Waals surface area (Å²) in [5, 5.41) is 9.05. The molecule has 1 heterocycles. The third-order valence-corrected chi connectivity index (χ3v) is 4.38. The summed E-state index contributed by atoms with van der Waals surface area (Å²) in [7, 11) is 1.63. The number of ether oxygens (including phenoxy) is 2. The van der Waals surface area contributed by atoms with Crippen LogP contribution in [0.15, 0.2) is 53.1 Å². The summed E-state index contributed by atoms with van der Waals surface area (Å²) >= 11 is 0. The minimum Gasteiger partial charge on any atom is -0.495 e. The number of amides is 1. The van der Waals surface area contributed by atoms with Gasteiger partial charge in [0.2, 0.25) is 5.90 Å². The Morgan fingerprint density at radius 2 is 1.93 bits per heavy atom. The molecule has 0 unspecified atom stereocenters. The summed E-state index contributed by atoms with van der Waals surface area (Å²) in [5.41, 5.74) is 3.94. The molecule has 0 bridgehead atoms. The molecule has 0 saturated carbocycles. The molecule has 1 N–H and O–H groups in total. The molecule has 0 aliphatic carbocycles. The smallest absolute Gasteiger partial charge is 0.284 e. The molecular weight excluding hydrogens is 354 g/mol. The van der Waals surface area contributed by atoms with Gasteiger partial charge in [-0.25, -0.2) is 0 Å². The van der Waals surface area contributed by atoms with Crippen molar-refractivity contribution in [3.05, 3.63) is 59.2 Å². The van der Waals surface area contributed by atoms with E-state index >= 15 is 0 Å². The van der Waals surface area contributed by atoms with Gasteiger partial charge in [0.15, 0.2) is 0 Å². The SMILES string of the molecule is CCNc1cc(C)c(/C=C2\C(=O)N(c3ccccc3)N=C2OCC)cc1OC. The van der Waals surface area contributed by atoms with Gasteiger partial charge in [-0.05, 0) is 62.2 Å². The van der Waals surface area contributed by atoms with Gasteiger partial charge in [0, 0.05) is 6.54 Å². The number of nitrogens with one attached hydrogen (secondary N) is 1. The maximum atomic E-state index is 13.1. The zero-order valence-corrected chi connectivity index (χ0v) is 16.7. The number of hydrogen-bond donors (Lipinski definition) is 1. The number of nitrogens with zero attached hydrogens (tertiary/aromatic N) is 2. The van der Waals surface area contributed by atoms with Crippen molar-refractivity contribution in [3.63, 3.8) is 0 Å². The Morgan fingerprint density at radius 1 is 1.18 bits per heavy atom. The molecule has 0 fully saturated rings. The normalized spacial score (nSPS) is 15.0. The fourth-order valence-electron chi connectivity index (χ4n) is 3.02. The average molecular weight is 379 g/mol. The van der Waals surface area contributed by atoms with Crippen LogP contribution >= 0.6 is 0 Å². The van der Waals surface area contributed by atoms with Gasteiger partial charge >= 0.3 is 0 Å². The van der Waals surface area contributed by atoms with Crippen molar-refractivity contribution in [2.75, 3.05) is 30.6 Å². The Kier molecular flexibility index (Phi) is 5.99. The summed E-state index contributed by atoms with van der Waals surface area (Å²) in [6, 6.07) is 13.3. The van der Waals surface area contributed by atoms with E-state index in [-0.39, 0.29) is 5.91 Å². The van der Waals surface area contributed by atoms with E-state index in [1.54, 1.807) is 7.11 Å². The summed E-state index contributed by atoms with van der Waals surface area (Å²) in [5.74, 6) is 0.828. The highest BCUT2D eigenvalue weighted by Gasteiger charge is 2.32. The lowest BCUT2D eigenvalue weighted by Gasteiger charge is -2.13. The number of rotatable bonds is 6. The maximum Gasteiger partial charge on any atom is 0.284 e. The molecule has 28 heavy (non-hydrogen) atoms. The van der Waals surface area contributed by atoms with Crippen LogP contribution in [0.5, 0.6) is 5.75 Å². The fourth-order valence-corrected chi connectivity index (χ4v) is 3.02. The number of hydrazone groups is 1. The van der Waals surface area contributed by atoms with Gasteiger partial charge in [0.25, 0.3) is 5.91 Å².